The molecule has 0 aliphatic carbocycles. The lowest BCUT2D eigenvalue weighted by atomic mass is 9.96. The normalized spacial score (nSPS) is 13.7. The third-order valence-corrected chi connectivity index (χ3v) is 8.18. The van der Waals surface area contributed by atoms with Gasteiger partial charge in [0, 0.05) is 65.3 Å². The molecule has 0 radical (unpaired) electrons. The molecule has 2 aliphatic rings. The van der Waals surface area contributed by atoms with Gasteiger partial charge in [0.2, 0.25) is 11.8 Å². The Hall–Kier alpha value is -4.14. The van der Waals surface area contributed by atoms with Crippen molar-refractivity contribution >= 4 is 45.9 Å². The smallest absolute Gasteiger partial charge is 0.253 e. The Labute approximate surface area is 298 Å². The van der Waals surface area contributed by atoms with Crippen LogP contribution < -0.4 is 10.6 Å². The number of carbonyl (C=O) groups excluding carboxylic acids is 3. The zero-order valence-electron chi connectivity index (χ0n) is 30.5. The van der Waals surface area contributed by atoms with E-state index < -0.39 is 0 Å². The van der Waals surface area contributed by atoms with E-state index in [4.69, 9.17) is 17.3 Å². The Morgan fingerprint density at radius 2 is 1.49 bits per heavy atom. The molecule has 266 valence electrons. The minimum absolute atomic E-state index is 0.0357. The molecular formula is C40H56ClN5O3. The van der Waals surface area contributed by atoms with Crippen molar-refractivity contribution in [2.45, 2.75) is 66.2 Å². The first kappa shape index (κ1) is 41.0. The second-order valence-corrected chi connectivity index (χ2v) is 12.4. The zero-order chi connectivity index (χ0) is 36.3. The number of rotatable bonds is 5. The van der Waals surface area contributed by atoms with Gasteiger partial charge in [-0.15, -0.1) is 0 Å². The summed E-state index contributed by atoms with van der Waals surface area (Å²) in [6, 6.07) is 23.2. The van der Waals surface area contributed by atoms with Crippen LogP contribution in [0.15, 0.2) is 79.0 Å². The summed E-state index contributed by atoms with van der Waals surface area (Å²) < 4.78 is 0. The van der Waals surface area contributed by atoms with Gasteiger partial charge in [-0.25, -0.2) is 0 Å². The predicted octanol–water partition coefficient (Wildman–Crippen LogP) is 7.99. The monoisotopic (exact) mass is 689 g/mol. The molecule has 1 saturated heterocycles. The number of benzene rings is 3. The molecule has 6 rings (SSSR count). The number of likely N-dealkylation sites (tertiary alicyclic amines) is 1. The van der Waals surface area contributed by atoms with Gasteiger partial charge >= 0.3 is 0 Å². The first-order valence-electron chi connectivity index (χ1n) is 17.5. The van der Waals surface area contributed by atoms with Crippen LogP contribution in [0.25, 0.3) is 10.9 Å². The molecular weight excluding hydrogens is 634 g/mol. The van der Waals surface area contributed by atoms with Crippen molar-refractivity contribution in [2.75, 3.05) is 45.7 Å². The molecule has 1 aromatic heterocycles. The molecule has 3 amide bonds. The number of carbonyl (C=O) groups is 3. The molecule has 0 atom stereocenters. The van der Waals surface area contributed by atoms with Gasteiger partial charge in [-0.3, -0.25) is 14.4 Å². The van der Waals surface area contributed by atoms with Crippen molar-refractivity contribution in [2.24, 2.45) is 11.7 Å². The summed E-state index contributed by atoms with van der Waals surface area (Å²) in [5.74, 6) is -0.108. The van der Waals surface area contributed by atoms with E-state index in [0.29, 0.717) is 37.9 Å². The van der Waals surface area contributed by atoms with Crippen molar-refractivity contribution in [3.8, 4) is 0 Å². The summed E-state index contributed by atoms with van der Waals surface area (Å²) in [5.41, 5.74) is 10.5. The quantitative estimate of drug-likeness (QED) is 0.222. The van der Waals surface area contributed by atoms with Gasteiger partial charge in [0.1, 0.15) is 0 Å². The number of nitrogens with zero attached hydrogens (tertiary/aromatic N) is 3. The third-order valence-electron chi connectivity index (χ3n) is 7.95. The summed E-state index contributed by atoms with van der Waals surface area (Å²) in [4.78, 5) is 44.8. The van der Waals surface area contributed by atoms with Gasteiger partial charge in [0.15, 0.2) is 0 Å². The number of nitrogens with two attached hydrogens (primary N) is 1. The number of halogens is 1. The highest BCUT2D eigenvalue weighted by molar-refractivity contribution is 6.30. The van der Waals surface area contributed by atoms with E-state index in [9.17, 15) is 14.4 Å². The molecule has 9 heteroatoms. The van der Waals surface area contributed by atoms with Gasteiger partial charge in [0.25, 0.3) is 5.91 Å². The Kier molecular flexibility index (Phi) is 18.2. The van der Waals surface area contributed by atoms with Gasteiger partial charge < -0.3 is 25.4 Å². The van der Waals surface area contributed by atoms with Crippen LogP contribution in [-0.2, 0) is 22.4 Å². The van der Waals surface area contributed by atoms with Crippen LogP contribution in [0.4, 0.5) is 5.69 Å². The van der Waals surface area contributed by atoms with Crippen molar-refractivity contribution in [3.63, 3.8) is 0 Å². The number of fused-ring (bicyclic) bond motifs is 2. The predicted molar refractivity (Wildman–Crippen MR) is 205 cm³/mol. The van der Waals surface area contributed by atoms with E-state index >= 15 is 0 Å². The number of aromatic nitrogens is 1. The molecule has 0 spiro atoms. The minimum atomic E-state index is -0.253. The summed E-state index contributed by atoms with van der Waals surface area (Å²) in [6.07, 6.45) is 6.62. The summed E-state index contributed by atoms with van der Waals surface area (Å²) in [5, 5.41) is 1.94. The van der Waals surface area contributed by atoms with E-state index in [0.717, 1.165) is 42.0 Å². The average Bonchev–Trinajstić information content (AvgIpc) is 3.55. The number of anilines is 1. The Balaban J connectivity index is 0.000000292. The lowest BCUT2D eigenvalue weighted by Gasteiger charge is -2.30. The number of piperidine rings is 1. The van der Waals surface area contributed by atoms with Gasteiger partial charge in [-0.05, 0) is 101 Å². The molecule has 0 bridgehead atoms. The Morgan fingerprint density at radius 3 is 2.12 bits per heavy atom. The highest BCUT2D eigenvalue weighted by Crippen LogP contribution is 2.30. The fraction of sp³-hybridized carbons (Fsp3) is 0.425. The van der Waals surface area contributed by atoms with Crippen LogP contribution in [0.1, 0.15) is 74.9 Å². The van der Waals surface area contributed by atoms with Crippen molar-refractivity contribution < 1.29 is 14.4 Å². The Bertz CT molecular complexity index is 1580. The number of hydrogen-bond acceptors (Lipinski definition) is 4. The van der Waals surface area contributed by atoms with E-state index in [2.05, 4.69) is 17.1 Å². The standard InChI is InChI=1S/C20H19ClN2O.C13H16N2O2.C3H9N.2C2H6/c21-16-8-9-19-14(12-16)4-3-11-23(19)20(24)10-7-15-13-22-18-6-2-1-5-17(15)18;14-12(16)10-6-8-15(9-7-10)13(17)11-4-2-1-3-5-11;1-4(2)3;2*1-2/h1-2,5-6,8-9,12-13,22H,3-4,7,10-11H2;1-5,10H,6-9H2,(H2,14,16);1-3H3;2*1-2H3. The molecule has 2 aliphatic heterocycles. The Morgan fingerprint density at radius 1 is 0.878 bits per heavy atom. The maximum absolute atomic E-state index is 12.8. The van der Waals surface area contributed by atoms with Crippen LogP contribution in [0.5, 0.6) is 0 Å². The van der Waals surface area contributed by atoms with Crippen LogP contribution in [0.2, 0.25) is 5.02 Å². The molecule has 0 unspecified atom stereocenters. The van der Waals surface area contributed by atoms with E-state index in [1.165, 1.54) is 16.5 Å². The van der Waals surface area contributed by atoms with E-state index in [1.54, 1.807) is 4.90 Å². The van der Waals surface area contributed by atoms with Gasteiger partial charge in [-0.2, -0.15) is 0 Å². The maximum Gasteiger partial charge on any atom is 0.253 e. The van der Waals surface area contributed by atoms with Gasteiger partial charge in [-0.1, -0.05) is 75.7 Å². The van der Waals surface area contributed by atoms with Crippen molar-refractivity contribution in [1.82, 2.24) is 14.8 Å². The first-order valence-corrected chi connectivity index (χ1v) is 17.9. The lowest BCUT2D eigenvalue weighted by molar-refractivity contribution is -0.123. The molecule has 3 heterocycles. The number of primary amides is 1. The molecule has 8 nitrogen and oxygen atoms in total. The molecule has 3 aromatic carbocycles. The zero-order valence-corrected chi connectivity index (χ0v) is 31.2. The third kappa shape index (κ3) is 12.7. The second-order valence-electron chi connectivity index (χ2n) is 12.0. The van der Waals surface area contributed by atoms with Crippen LogP contribution in [0, 0.1) is 5.92 Å². The average molecular weight is 690 g/mol. The fourth-order valence-electron chi connectivity index (χ4n) is 5.67. The molecule has 4 aromatic rings. The molecule has 3 N–H and O–H groups in total. The highest BCUT2D eigenvalue weighted by atomic mass is 35.5. The highest BCUT2D eigenvalue weighted by Gasteiger charge is 2.26. The largest absolute Gasteiger partial charge is 0.369 e. The summed E-state index contributed by atoms with van der Waals surface area (Å²) >= 11 is 6.08. The summed E-state index contributed by atoms with van der Waals surface area (Å²) in [6.45, 7) is 10.0. The summed E-state index contributed by atoms with van der Waals surface area (Å²) in [7, 11) is 6.00. The number of hydrogen-bond donors (Lipinski definition) is 2. The number of H-pyrrole nitrogens is 1. The van der Waals surface area contributed by atoms with Crippen molar-refractivity contribution in [3.05, 3.63) is 101 Å². The van der Waals surface area contributed by atoms with E-state index in [1.807, 2.05) is 125 Å². The topological polar surface area (TPSA) is 103 Å². The molecule has 1 fully saturated rings. The lowest BCUT2D eigenvalue weighted by Crippen LogP contribution is -2.41. The number of aromatic amines is 1. The van der Waals surface area contributed by atoms with Gasteiger partial charge in [0.05, 0.1) is 0 Å². The van der Waals surface area contributed by atoms with Crippen LogP contribution >= 0.6 is 11.6 Å². The number of amides is 3. The molecule has 49 heavy (non-hydrogen) atoms. The SMILES string of the molecule is CC.CC.CN(C)C.NC(=O)C1CCN(C(=O)c2ccccc2)CC1.O=C(CCc1c[nH]c2ccccc12)N1CCCc2cc(Cl)ccc21. The maximum atomic E-state index is 12.8. The molecule has 0 saturated carbocycles. The van der Waals surface area contributed by atoms with Crippen molar-refractivity contribution in [1.29, 1.82) is 0 Å². The number of nitrogens with one attached hydrogen (secondary N) is 1. The number of aryl methyl sites for hydroxylation is 2. The number of para-hydroxylation sites is 1. The second kappa shape index (κ2) is 21.8. The van der Waals surface area contributed by atoms with Crippen LogP contribution in [-0.4, -0.2) is 73.3 Å². The minimum Gasteiger partial charge on any atom is -0.369 e. The van der Waals surface area contributed by atoms with Crippen LogP contribution in [0.3, 0.4) is 0 Å². The fourth-order valence-corrected chi connectivity index (χ4v) is 5.86. The first-order chi connectivity index (χ1) is 23.6. The van der Waals surface area contributed by atoms with E-state index in [-0.39, 0.29) is 23.6 Å².